The van der Waals surface area contributed by atoms with Crippen LogP contribution in [0.1, 0.15) is 25.8 Å². The molecule has 1 heterocycles. The van der Waals surface area contributed by atoms with E-state index in [0.29, 0.717) is 6.61 Å². The second-order valence-electron chi connectivity index (χ2n) is 5.23. The van der Waals surface area contributed by atoms with Crippen LogP contribution < -0.4 is 21.4 Å². The van der Waals surface area contributed by atoms with Crippen molar-refractivity contribution in [1.82, 2.24) is 20.6 Å². The number of carbonyl (C=O) groups is 1. The highest BCUT2D eigenvalue weighted by Gasteiger charge is 2.16. The zero-order chi connectivity index (χ0) is 18.9. The van der Waals surface area contributed by atoms with E-state index < -0.39 is 22.4 Å². The molecular weight excluding hydrogens is 358 g/mol. The summed E-state index contributed by atoms with van der Waals surface area (Å²) in [7, 11) is 0. The third kappa shape index (κ3) is 5.88. The fraction of sp³-hybridized carbons (Fsp3) is 0.312. The molecule has 2 aromatic rings. The Hall–Kier alpha value is -2.88. The predicted octanol–water partition coefficient (Wildman–Crippen LogP) is 0.878. The average Bonchev–Trinajstić information content (AvgIpc) is 2.62. The number of amides is 1. The Morgan fingerprint density at radius 1 is 1.46 bits per heavy atom. The minimum atomic E-state index is -0.703. The molecule has 0 aliphatic rings. The molecule has 26 heavy (non-hydrogen) atoms. The number of rotatable bonds is 8. The van der Waals surface area contributed by atoms with Gasteiger partial charge in [-0.3, -0.25) is 14.6 Å². The molecule has 0 bridgehead atoms. The molecule has 1 unspecified atom stereocenters. The summed E-state index contributed by atoms with van der Waals surface area (Å²) in [5.41, 5.74) is 1.83. The van der Waals surface area contributed by atoms with Crippen LogP contribution in [-0.2, 0) is 4.79 Å². The first-order valence-corrected chi connectivity index (χ1v) is 8.79. The van der Waals surface area contributed by atoms with Crippen LogP contribution in [0.3, 0.4) is 0 Å². The van der Waals surface area contributed by atoms with Crippen LogP contribution >= 0.6 is 11.8 Å². The van der Waals surface area contributed by atoms with Gasteiger partial charge in [-0.2, -0.15) is 10.2 Å². The summed E-state index contributed by atoms with van der Waals surface area (Å²) < 4.78 is 5.53. The molecule has 1 aromatic heterocycles. The number of carbonyl (C=O) groups excluding carboxylic acids is 1. The van der Waals surface area contributed by atoms with Gasteiger partial charge in [0.1, 0.15) is 5.75 Å². The molecule has 0 spiro atoms. The van der Waals surface area contributed by atoms with Gasteiger partial charge in [-0.1, -0.05) is 30.8 Å². The highest BCUT2D eigenvalue weighted by Crippen LogP contribution is 2.16. The van der Waals surface area contributed by atoms with Gasteiger partial charge in [0.15, 0.2) is 5.03 Å². The third-order valence-electron chi connectivity index (χ3n) is 3.06. The summed E-state index contributed by atoms with van der Waals surface area (Å²) in [5, 5.41) is 8.99. The van der Waals surface area contributed by atoms with Crippen molar-refractivity contribution in [2.45, 2.75) is 30.5 Å². The van der Waals surface area contributed by atoms with Gasteiger partial charge in [0.25, 0.3) is 11.5 Å². The van der Waals surface area contributed by atoms with Gasteiger partial charge >= 0.3 is 5.69 Å². The molecule has 0 radical (unpaired) electrons. The minimum absolute atomic E-state index is 0.00277. The lowest BCUT2D eigenvalue weighted by molar-refractivity contribution is -0.120. The number of ether oxygens (including phenoxy) is 1. The Kier molecular flexibility index (Phi) is 7.15. The van der Waals surface area contributed by atoms with Gasteiger partial charge in [-0.05, 0) is 31.0 Å². The third-order valence-corrected chi connectivity index (χ3v) is 4.12. The molecule has 9 nitrogen and oxygen atoms in total. The Bertz CT molecular complexity index is 892. The van der Waals surface area contributed by atoms with E-state index in [4.69, 9.17) is 4.74 Å². The molecule has 10 heteroatoms. The maximum Gasteiger partial charge on any atom is 0.342 e. The topological polar surface area (TPSA) is 129 Å². The largest absolute Gasteiger partial charge is 0.494 e. The fourth-order valence-electron chi connectivity index (χ4n) is 1.80. The van der Waals surface area contributed by atoms with Crippen molar-refractivity contribution < 1.29 is 9.53 Å². The molecule has 0 aliphatic carbocycles. The highest BCUT2D eigenvalue weighted by atomic mass is 32.2. The van der Waals surface area contributed by atoms with Crippen LogP contribution in [0, 0.1) is 0 Å². The van der Waals surface area contributed by atoms with E-state index in [0.717, 1.165) is 29.5 Å². The lowest BCUT2D eigenvalue weighted by Crippen LogP contribution is -2.30. The Morgan fingerprint density at radius 2 is 2.27 bits per heavy atom. The summed E-state index contributed by atoms with van der Waals surface area (Å²) in [4.78, 5) is 36.6. The fourth-order valence-corrected chi connectivity index (χ4v) is 2.55. The molecule has 2 rings (SSSR count). The van der Waals surface area contributed by atoms with Crippen LogP contribution in [-0.4, -0.2) is 39.2 Å². The van der Waals surface area contributed by atoms with Gasteiger partial charge in [-0.25, -0.2) is 15.3 Å². The first-order chi connectivity index (χ1) is 12.5. The molecule has 0 aliphatic heterocycles. The first-order valence-electron chi connectivity index (χ1n) is 7.91. The van der Waals surface area contributed by atoms with Gasteiger partial charge in [0.05, 0.1) is 18.1 Å². The van der Waals surface area contributed by atoms with Crippen molar-refractivity contribution in [2.24, 2.45) is 5.10 Å². The van der Waals surface area contributed by atoms with E-state index >= 15 is 0 Å². The van der Waals surface area contributed by atoms with Crippen LogP contribution in [0.2, 0.25) is 0 Å². The van der Waals surface area contributed by atoms with Crippen LogP contribution in [0.15, 0.2) is 44.0 Å². The maximum atomic E-state index is 12.0. The number of aromatic nitrogens is 3. The van der Waals surface area contributed by atoms with Crippen molar-refractivity contribution >= 4 is 23.9 Å². The summed E-state index contributed by atoms with van der Waals surface area (Å²) in [6.07, 6.45) is 2.41. The van der Waals surface area contributed by atoms with Crippen molar-refractivity contribution in [1.29, 1.82) is 0 Å². The summed E-state index contributed by atoms with van der Waals surface area (Å²) in [6.45, 7) is 4.25. The van der Waals surface area contributed by atoms with Crippen LogP contribution in [0.4, 0.5) is 0 Å². The number of hydrogen-bond donors (Lipinski definition) is 3. The summed E-state index contributed by atoms with van der Waals surface area (Å²) >= 11 is 0.914. The molecule has 138 valence electrons. The normalized spacial score (nSPS) is 12.1. The lowest BCUT2D eigenvalue weighted by atomic mass is 10.2. The number of aromatic amines is 2. The molecule has 0 saturated heterocycles. The van der Waals surface area contributed by atoms with Crippen molar-refractivity contribution in [3.8, 4) is 5.75 Å². The van der Waals surface area contributed by atoms with Gasteiger partial charge in [0.2, 0.25) is 0 Å². The van der Waals surface area contributed by atoms with Gasteiger partial charge < -0.3 is 4.74 Å². The average molecular weight is 377 g/mol. The number of H-pyrrole nitrogens is 2. The van der Waals surface area contributed by atoms with Crippen molar-refractivity contribution in [3.05, 3.63) is 50.7 Å². The maximum absolute atomic E-state index is 12.0. The van der Waals surface area contributed by atoms with Crippen molar-refractivity contribution in [2.75, 3.05) is 6.61 Å². The molecule has 1 atom stereocenters. The number of nitrogens with one attached hydrogen (secondary N) is 3. The SMILES string of the molecule is CCCOc1cccc(/C=N/NC(=O)C(C)Sc2n[nH]c(=O)[nH]c2=O)c1. The van der Waals surface area contributed by atoms with Crippen molar-refractivity contribution in [3.63, 3.8) is 0 Å². The van der Waals surface area contributed by atoms with E-state index in [1.807, 2.05) is 36.2 Å². The first kappa shape index (κ1) is 19.4. The Morgan fingerprint density at radius 3 is 3.00 bits per heavy atom. The second kappa shape index (κ2) is 9.56. The summed E-state index contributed by atoms with van der Waals surface area (Å²) in [5.74, 6) is 0.325. The number of hydrogen-bond acceptors (Lipinski definition) is 7. The quantitative estimate of drug-likeness (QED) is 0.356. The predicted molar refractivity (Wildman–Crippen MR) is 98.8 cm³/mol. The van der Waals surface area contributed by atoms with E-state index in [-0.39, 0.29) is 5.03 Å². The zero-order valence-electron chi connectivity index (χ0n) is 14.3. The van der Waals surface area contributed by atoms with E-state index in [1.54, 1.807) is 6.92 Å². The molecule has 3 N–H and O–H groups in total. The lowest BCUT2D eigenvalue weighted by Gasteiger charge is -2.07. The van der Waals surface area contributed by atoms with E-state index in [9.17, 15) is 14.4 Å². The number of thioether (sulfide) groups is 1. The second-order valence-corrected chi connectivity index (χ2v) is 6.56. The standard InChI is InChI=1S/C16H19N5O4S/c1-3-7-25-12-6-4-5-11(8-12)9-17-19-13(22)10(2)26-15-14(23)18-16(24)21-20-15/h4-6,8-10H,3,7H2,1-2H3,(H,19,22)(H2,18,21,23,24)/b17-9+. The monoisotopic (exact) mass is 377 g/mol. The molecule has 0 saturated carbocycles. The number of hydrazone groups is 1. The van der Waals surface area contributed by atoms with Gasteiger partial charge in [0, 0.05) is 0 Å². The Labute approximate surface area is 153 Å². The summed E-state index contributed by atoms with van der Waals surface area (Å²) in [6, 6.07) is 7.32. The zero-order valence-corrected chi connectivity index (χ0v) is 15.1. The Balaban J connectivity index is 1.91. The minimum Gasteiger partial charge on any atom is -0.494 e. The number of nitrogens with zero attached hydrogens (tertiary/aromatic N) is 2. The van der Waals surface area contributed by atoms with Crippen LogP contribution in [0.5, 0.6) is 5.75 Å². The number of benzene rings is 1. The van der Waals surface area contributed by atoms with Gasteiger partial charge in [-0.15, -0.1) is 0 Å². The molecular formula is C16H19N5O4S. The smallest absolute Gasteiger partial charge is 0.342 e. The van der Waals surface area contributed by atoms with E-state index in [1.165, 1.54) is 6.21 Å². The molecule has 0 fully saturated rings. The molecule has 1 aromatic carbocycles. The highest BCUT2D eigenvalue weighted by molar-refractivity contribution is 8.00. The van der Waals surface area contributed by atoms with E-state index in [2.05, 4.69) is 20.7 Å². The molecule has 1 amide bonds. The van der Waals surface area contributed by atoms with Crippen LogP contribution in [0.25, 0.3) is 0 Å².